The van der Waals surface area contributed by atoms with Gasteiger partial charge in [0.05, 0.1) is 13.2 Å². The lowest BCUT2D eigenvalue weighted by atomic mass is 10.2. The van der Waals surface area contributed by atoms with Crippen molar-refractivity contribution in [1.82, 2.24) is 0 Å². The highest BCUT2D eigenvalue weighted by atomic mass is 31.2. The smallest absolute Gasteiger partial charge is 0.342 e. The maximum atomic E-state index is 11.5. The monoisotopic (exact) mass is 322 g/mol. The van der Waals surface area contributed by atoms with Crippen molar-refractivity contribution in [1.29, 1.82) is 0 Å². The Bertz CT molecular complexity index is 419. The highest BCUT2D eigenvalue weighted by Crippen LogP contribution is 2.47. The fourth-order valence-electron chi connectivity index (χ4n) is 1.29. The van der Waals surface area contributed by atoms with Crippen LogP contribution in [0.4, 0.5) is 0 Å². The Kier molecular flexibility index (Phi) is 9.17. The molecule has 0 spiro atoms. The largest absolute Gasteiger partial charge is 0.481 e. The molecule has 0 aromatic heterocycles. The Balaban J connectivity index is 3.65. The Labute approximate surface area is 124 Å². The van der Waals surface area contributed by atoms with E-state index < -0.39 is 25.2 Å². The van der Waals surface area contributed by atoms with Gasteiger partial charge in [0.15, 0.2) is 5.66 Å². The summed E-state index contributed by atoms with van der Waals surface area (Å²) in [6, 6.07) is 0. The molecule has 0 radical (unpaired) electrons. The Morgan fingerprint density at radius 1 is 1.19 bits per heavy atom. The van der Waals surface area contributed by atoms with Gasteiger partial charge in [-0.15, -0.1) is 0 Å². The third-order valence-corrected chi connectivity index (χ3v) is 4.50. The van der Waals surface area contributed by atoms with Gasteiger partial charge >= 0.3 is 19.5 Å². The molecule has 0 aromatic rings. The number of aliphatic carboxylic acids is 1. The summed E-state index contributed by atoms with van der Waals surface area (Å²) < 4.78 is 21.2. The second-order valence-corrected chi connectivity index (χ2v) is 6.90. The van der Waals surface area contributed by atoms with E-state index >= 15 is 0 Å². The van der Waals surface area contributed by atoms with E-state index in [0.717, 1.165) is 19.8 Å². The van der Waals surface area contributed by atoms with E-state index in [2.05, 4.69) is 6.58 Å². The van der Waals surface area contributed by atoms with Crippen LogP contribution in [0.2, 0.25) is 0 Å². The summed E-state index contributed by atoms with van der Waals surface area (Å²) in [7, 11) is -4.10. The van der Waals surface area contributed by atoms with Crippen LogP contribution in [0, 0.1) is 0 Å². The maximum Gasteiger partial charge on any atom is 0.342 e. The first-order chi connectivity index (χ1) is 9.68. The average Bonchev–Trinajstić information content (AvgIpc) is 2.40. The van der Waals surface area contributed by atoms with E-state index in [4.69, 9.17) is 14.4 Å². The number of esters is 1. The number of carbonyl (C=O) groups excluding carboxylic acids is 1. The number of ether oxygens (including phenoxy) is 1. The predicted octanol–water partition coefficient (Wildman–Crippen LogP) is 2.34. The zero-order valence-corrected chi connectivity index (χ0v) is 13.3. The number of unbranched alkanes of at least 4 members (excludes halogenated alkanes) is 3. The van der Waals surface area contributed by atoms with Crippen LogP contribution in [-0.4, -0.2) is 40.8 Å². The molecule has 0 amide bonds. The highest BCUT2D eigenvalue weighted by molar-refractivity contribution is 7.54. The van der Waals surface area contributed by atoms with Crippen LogP contribution in [0.3, 0.4) is 0 Å². The first-order valence-corrected chi connectivity index (χ1v) is 8.35. The van der Waals surface area contributed by atoms with Crippen LogP contribution < -0.4 is 0 Å². The van der Waals surface area contributed by atoms with Gasteiger partial charge < -0.3 is 19.3 Å². The fraction of sp³-hybridized carbons (Fsp3) is 0.692. The van der Waals surface area contributed by atoms with E-state index in [0.29, 0.717) is 25.0 Å². The SMILES string of the molecule is C=C(C)C(=O)OCCCCCCOP(=O)(O)C(C)C(=O)O. The molecule has 2 atom stereocenters. The first-order valence-electron chi connectivity index (χ1n) is 6.71. The summed E-state index contributed by atoms with van der Waals surface area (Å²) in [6.07, 6.45) is 2.72. The molecule has 21 heavy (non-hydrogen) atoms. The molecule has 0 heterocycles. The van der Waals surface area contributed by atoms with Gasteiger partial charge in [-0.25, -0.2) is 4.79 Å². The minimum atomic E-state index is -4.10. The Morgan fingerprint density at radius 3 is 2.19 bits per heavy atom. The van der Waals surface area contributed by atoms with Crippen LogP contribution in [0.15, 0.2) is 12.2 Å². The van der Waals surface area contributed by atoms with Crippen LogP contribution in [-0.2, 0) is 23.4 Å². The summed E-state index contributed by atoms with van der Waals surface area (Å²) in [5.41, 5.74) is -1.08. The first kappa shape index (κ1) is 19.8. The number of carboxylic acid groups (broad SMARTS) is 1. The summed E-state index contributed by atoms with van der Waals surface area (Å²) in [4.78, 5) is 31.0. The van der Waals surface area contributed by atoms with E-state index in [9.17, 15) is 19.0 Å². The summed E-state index contributed by atoms with van der Waals surface area (Å²) in [5, 5.41) is 8.64. The van der Waals surface area contributed by atoms with E-state index in [1.807, 2.05) is 0 Å². The van der Waals surface area contributed by atoms with Gasteiger partial charge in [0.1, 0.15) is 0 Å². The number of carboxylic acids is 1. The molecule has 0 aliphatic rings. The van der Waals surface area contributed by atoms with E-state index in [1.54, 1.807) is 6.92 Å². The van der Waals surface area contributed by atoms with Crippen LogP contribution in [0.1, 0.15) is 39.5 Å². The van der Waals surface area contributed by atoms with Gasteiger partial charge in [0.2, 0.25) is 0 Å². The van der Waals surface area contributed by atoms with Gasteiger partial charge in [-0.1, -0.05) is 13.0 Å². The molecule has 122 valence electrons. The van der Waals surface area contributed by atoms with E-state index in [-0.39, 0.29) is 6.61 Å². The molecule has 0 rings (SSSR count). The molecule has 0 bridgehead atoms. The van der Waals surface area contributed by atoms with Crippen molar-refractivity contribution >= 4 is 19.5 Å². The summed E-state index contributed by atoms with van der Waals surface area (Å²) in [6.45, 7) is 6.50. The maximum absolute atomic E-state index is 11.5. The van der Waals surface area contributed by atoms with Crippen molar-refractivity contribution in [3.8, 4) is 0 Å². The molecule has 0 fully saturated rings. The van der Waals surface area contributed by atoms with E-state index in [1.165, 1.54) is 0 Å². The molecule has 7 nitrogen and oxygen atoms in total. The zero-order chi connectivity index (χ0) is 16.5. The lowest BCUT2D eigenvalue weighted by Crippen LogP contribution is -2.17. The fourth-order valence-corrected chi connectivity index (χ4v) is 2.19. The molecule has 0 aliphatic heterocycles. The van der Waals surface area contributed by atoms with Gasteiger partial charge in [-0.05, 0) is 33.1 Å². The zero-order valence-electron chi connectivity index (χ0n) is 12.4. The number of rotatable bonds is 11. The second kappa shape index (κ2) is 9.71. The molecule has 0 aliphatic carbocycles. The summed E-state index contributed by atoms with van der Waals surface area (Å²) in [5.74, 6) is -1.78. The van der Waals surface area contributed by atoms with Crippen molar-refractivity contribution in [3.63, 3.8) is 0 Å². The van der Waals surface area contributed by atoms with Crippen LogP contribution in [0.25, 0.3) is 0 Å². The Hall–Kier alpha value is -1.17. The van der Waals surface area contributed by atoms with Crippen molar-refractivity contribution in [3.05, 3.63) is 12.2 Å². The van der Waals surface area contributed by atoms with Crippen molar-refractivity contribution < 1.29 is 33.4 Å². The topological polar surface area (TPSA) is 110 Å². The molecular formula is C13H23O7P. The lowest BCUT2D eigenvalue weighted by molar-refractivity contribution is -0.139. The molecule has 0 saturated heterocycles. The number of carbonyl (C=O) groups is 2. The molecule has 0 aromatic carbocycles. The lowest BCUT2D eigenvalue weighted by Gasteiger charge is -2.15. The van der Waals surface area contributed by atoms with Gasteiger partial charge in [0, 0.05) is 5.57 Å². The molecule has 0 saturated carbocycles. The normalized spacial score (nSPS) is 15.0. The molecular weight excluding hydrogens is 299 g/mol. The third kappa shape index (κ3) is 8.65. The van der Waals surface area contributed by atoms with Gasteiger partial charge in [-0.2, -0.15) is 0 Å². The summed E-state index contributed by atoms with van der Waals surface area (Å²) >= 11 is 0. The molecule has 2 N–H and O–H groups in total. The minimum absolute atomic E-state index is 0.0248. The van der Waals surface area contributed by atoms with Crippen LogP contribution in [0.5, 0.6) is 0 Å². The van der Waals surface area contributed by atoms with Crippen LogP contribution >= 0.6 is 7.60 Å². The van der Waals surface area contributed by atoms with Gasteiger partial charge in [0.25, 0.3) is 0 Å². The van der Waals surface area contributed by atoms with Crippen molar-refractivity contribution in [2.45, 2.75) is 45.2 Å². The van der Waals surface area contributed by atoms with Gasteiger partial charge in [-0.3, -0.25) is 9.36 Å². The molecule has 2 unspecified atom stereocenters. The second-order valence-electron chi connectivity index (χ2n) is 4.74. The minimum Gasteiger partial charge on any atom is -0.481 e. The predicted molar refractivity (Wildman–Crippen MR) is 77.1 cm³/mol. The average molecular weight is 322 g/mol. The molecule has 8 heteroatoms. The highest BCUT2D eigenvalue weighted by Gasteiger charge is 2.34. The van der Waals surface area contributed by atoms with Crippen molar-refractivity contribution in [2.75, 3.05) is 13.2 Å². The number of hydrogen-bond donors (Lipinski definition) is 2. The third-order valence-electron chi connectivity index (χ3n) is 2.74. The quantitative estimate of drug-likeness (QED) is 0.260. The Morgan fingerprint density at radius 2 is 1.71 bits per heavy atom. The standard InChI is InChI=1S/C13H23O7P/c1-10(2)13(16)19-8-6-4-5-7-9-20-21(17,18)11(3)12(14)15/h11H,1,4-9H2,2-3H3,(H,14,15)(H,17,18). The van der Waals surface area contributed by atoms with Crippen molar-refractivity contribution in [2.24, 2.45) is 0 Å². The number of hydrogen-bond acceptors (Lipinski definition) is 5.